The molecule has 6 heteroatoms. The first-order valence-corrected chi connectivity index (χ1v) is 27.2. The van der Waals surface area contributed by atoms with Crippen LogP contribution in [-0.2, 0) is 28.6 Å². The minimum Gasteiger partial charge on any atom is -0.462 e. The van der Waals surface area contributed by atoms with Gasteiger partial charge in [-0.2, -0.15) is 0 Å². The number of ether oxygens (including phenoxy) is 3. The number of carbonyl (C=O) groups excluding carboxylic acids is 3. The number of hydrogen-bond donors (Lipinski definition) is 0. The van der Waals surface area contributed by atoms with Crippen molar-refractivity contribution >= 4 is 17.9 Å². The van der Waals surface area contributed by atoms with Gasteiger partial charge in [-0.1, -0.05) is 254 Å². The van der Waals surface area contributed by atoms with E-state index in [4.69, 9.17) is 14.2 Å². The summed E-state index contributed by atoms with van der Waals surface area (Å²) in [6.07, 6.45) is 68.4. The van der Waals surface area contributed by atoms with Gasteiger partial charge in [-0.15, -0.1) is 0 Å². The number of hydrogen-bond acceptors (Lipinski definition) is 6. The maximum atomic E-state index is 12.8. The Morgan fingerprint density at radius 2 is 0.692 bits per heavy atom. The molecule has 0 bridgehead atoms. The minimum atomic E-state index is -0.789. The van der Waals surface area contributed by atoms with Crippen LogP contribution < -0.4 is 0 Å². The minimum absolute atomic E-state index is 0.0880. The van der Waals surface area contributed by atoms with E-state index in [0.29, 0.717) is 19.3 Å². The molecule has 1 atom stereocenters. The Hall–Kier alpha value is -3.41. The second kappa shape index (κ2) is 53.2. The van der Waals surface area contributed by atoms with Gasteiger partial charge in [0.1, 0.15) is 13.2 Å². The number of unbranched alkanes of at least 4 members (excludes halogenated alkanes) is 27. The molecule has 0 aliphatic rings. The van der Waals surface area contributed by atoms with Crippen molar-refractivity contribution in [2.45, 2.75) is 258 Å². The van der Waals surface area contributed by atoms with Gasteiger partial charge < -0.3 is 14.2 Å². The van der Waals surface area contributed by atoms with Gasteiger partial charge in [0.05, 0.1) is 0 Å². The van der Waals surface area contributed by atoms with Crippen molar-refractivity contribution in [3.05, 3.63) is 85.1 Å². The Morgan fingerprint density at radius 1 is 0.338 bits per heavy atom. The maximum Gasteiger partial charge on any atom is 0.306 e. The number of allylic oxidation sites excluding steroid dienone is 14. The molecule has 0 rings (SSSR count). The predicted molar refractivity (Wildman–Crippen MR) is 279 cm³/mol. The first kappa shape index (κ1) is 61.6. The van der Waals surface area contributed by atoms with E-state index in [1.165, 1.54) is 109 Å². The average Bonchev–Trinajstić information content (AvgIpc) is 3.30. The molecular weight excluding hydrogens is 805 g/mol. The monoisotopic (exact) mass is 905 g/mol. The smallest absolute Gasteiger partial charge is 0.306 e. The summed E-state index contributed by atoms with van der Waals surface area (Å²) in [6.45, 7) is 6.43. The molecule has 0 amide bonds. The van der Waals surface area contributed by atoms with Crippen molar-refractivity contribution in [3.63, 3.8) is 0 Å². The van der Waals surface area contributed by atoms with E-state index in [1.54, 1.807) is 0 Å². The second-order valence-electron chi connectivity index (χ2n) is 17.9. The van der Waals surface area contributed by atoms with Crippen LogP contribution >= 0.6 is 0 Å². The lowest BCUT2D eigenvalue weighted by Gasteiger charge is -2.18. The Bertz CT molecular complexity index is 1270. The summed E-state index contributed by atoms with van der Waals surface area (Å²) in [4.78, 5) is 38.1. The topological polar surface area (TPSA) is 78.9 Å². The number of carbonyl (C=O) groups is 3. The van der Waals surface area contributed by atoms with Gasteiger partial charge in [-0.3, -0.25) is 14.4 Å². The zero-order valence-corrected chi connectivity index (χ0v) is 42.5. The molecule has 1 unspecified atom stereocenters. The van der Waals surface area contributed by atoms with E-state index in [2.05, 4.69) is 81.5 Å². The van der Waals surface area contributed by atoms with Crippen LogP contribution in [0.1, 0.15) is 252 Å². The van der Waals surface area contributed by atoms with E-state index in [9.17, 15) is 14.4 Å². The van der Waals surface area contributed by atoms with Gasteiger partial charge >= 0.3 is 17.9 Å². The molecule has 0 saturated carbocycles. The standard InChI is InChI=1S/C59H100O6/c1-4-7-10-13-16-19-22-25-28-29-30-32-34-37-40-43-46-49-52-58(61)64-55-56(54-63-57(60)51-48-45-42-39-36-33-27-24-21-18-15-12-9-6-3)65-59(62)53-50-47-44-41-38-35-31-26-23-20-17-14-11-8-5-2/h9-10,12-13,16,18-19,21-22,25,28-30,32,56H,4-8,11,14-15,17,20,23-24,26-27,31,33-55H2,1-3H3/b12-9-,13-10-,19-16-,21-18-,25-22-,29-28-,32-30-. The molecule has 0 heterocycles. The van der Waals surface area contributed by atoms with Gasteiger partial charge in [0.15, 0.2) is 6.10 Å². The van der Waals surface area contributed by atoms with Gasteiger partial charge in [0.25, 0.3) is 0 Å². The van der Waals surface area contributed by atoms with E-state index < -0.39 is 6.10 Å². The van der Waals surface area contributed by atoms with Crippen molar-refractivity contribution in [2.24, 2.45) is 0 Å². The lowest BCUT2D eigenvalue weighted by molar-refractivity contribution is -0.167. The molecule has 372 valence electrons. The fourth-order valence-corrected chi connectivity index (χ4v) is 7.45. The Balaban J connectivity index is 4.44. The van der Waals surface area contributed by atoms with Crippen molar-refractivity contribution in [1.82, 2.24) is 0 Å². The zero-order valence-electron chi connectivity index (χ0n) is 42.5. The lowest BCUT2D eigenvalue weighted by Crippen LogP contribution is -2.30. The molecule has 0 N–H and O–H groups in total. The maximum absolute atomic E-state index is 12.8. The molecule has 0 spiro atoms. The quantitative estimate of drug-likeness (QED) is 0.0199. The van der Waals surface area contributed by atoms with Gasteiger partial charge in [0, 0.05) is 19.3 Å². The summed E-state index contributed by atoms with van der Waals surface area (Å²) in [5.41, 5.74) is 0. The Labute approximate surface area is 401 Å². The van der Waals surface area contributed by atoms with Crippen LogP contribution in [0.15, 0.2) is 85.1 Å². The summed E-state index contributed by atoms with van der Waals surface area (Å²) >= 11 is 0. The van der Waals surface area contributed by atoms with E-state index >= 15 is 0 Å². The van der Waals surface area contributed by atoms with Crippen molar-refractivity contribution in [1.29, 1.82) is 0 Å². The third-order valence-electron chi connectivity index (χ3n) is 11.5. The second-order valence-corrected chi connectivity index (χ2v) is 17.9. The Kier molecular flexibility index (Phi) is 50.4. The van der Waals surface area contributed by atoms with E-state index in [-0.39, 0.29) is 31.1 Å². The predicted octanol–water partition coefficient (Wildman–Crippen LogP) is 18.0. The normalized spacial score (nSPS) is 12.7. The van der Waals surface area contributed by atoms with Crippen molar-refractivity contribution in [3.8, 4) is 0 Å². The first-order valence-electron chi connectivity index (χ1n) is 27.2. The molecular formula is C59H100O6. The number of esters is 3. The van der Waals surface area contributed by atoms with Gasteiger partial charge in [-0.25, -0.2) is 0 Å². The highest BCUT2D eigenvalue weighted by Gasteiger charge is 2.19. The SMILES string of the molecule is CC/C=C\C/C=C\CCCCCCCCCC(=O)OCC(COC(=O)CCCCCCC\C=C/C=C\C=C/C=C\C=C/CCC)OC(=O)CCCCCCCCCCCCCCCCC. The number of rotatable bonds is 48. The molecule has 65 heavy (non-hydrogen) atoms. The molecule has 0 radical (unpaired) electrons. The third-order valence-corrected chi connectivity index (χ3v) is 11.5. The third kappa shape index (κ3) is 51.4. The summed E-state index contributed by atoms with van der Waals surface area (Å²) in [7, 11) is 0. The highest BCUT2D eigenvalue weighted by atomic mass is 16.6. The fraction of sp³-hybridized carbons (Fsp3) is 0.712. The molecule has 0 aromatic carbocycles. The van der Waals surface area contributed by atoms with E-state index in [0.717, 1.165) is 103 Å². The molecule has 0 saturated heterocycles. The van der Waals surface area contributed by atoms with Crippen LogP contribution in [0.2, 0.25) is 0 Å². The molecule has 0 aliphatic carbocycles. The van der Waals surface area contributed by atoms with Crippen molar-refractivity contribution < 1.29 is 28.6 Å². The zero-order chi connectivity index (χ0) is 47.2. The van der Waals surface area contributed by atoms with Crippen LogP contribution in [-0.4, -0.2) is 37.2 Å². The highest BCUT2D eigenvalue weighted by Crippen LogP contribution is 2.16. The molecule has 0 fully saturated rings. The lowest BCUT2D eigenvalue weighted by atomic mass is 10.0. The summed E-state index contributed by atoms with van der Waals surface area (Å²) < 4.78 is 16.8. The van der Waals surface area contributed by atoms with Gasteiger partial charge in [0.2, 0.25) is 0 Å². The van der Waals surface area contributed by atoms with Crippen LogP contribution in [0.25, 0.3) is 0 Å². The van der Waals surface area contributed by atoms with Crippen LogP contribution in [0.4, 0.5) is 0 Å². The molecule has 0 aliphatic heterocycles. The summed E-state index contributed by atoms with van der Waals surface area (Å²) in [6, 6.07) is 0. The van der Waals surface area contributed by atoms with Crippen molar-refractivity contribution in [2.75, 3.05) is 13.2 Å². The van der Waals surface area contributed by atoms with Gasteiger partial charge in [-0.05, 0) is 64.2 Å². The fourth-order valence-electron chi connectivity index (χ4n) is 7.45. The molecule has 0 aromatic rings. The van der Waals surface area contributed by atoms with Crippen LogP contribution in [0.5, 0.6) is 0 Å². The van der Waals surface area contributed by atoms with Crippen LogP contribution in [0, 0.1) is 0 Å². The summed E-state index contributed by atoms with van der Waals surface area (Å²) in [5, 5.41) is 0. The Morgan fingerprint density at radius 3 is 1.12 bits per heavy atom. The molecule has 6 nitrogen and oxygen atoms in total. The highest BCUT2D eigenvalue weighted by molar-refractivity contribution is 5.71. The largest absolute Gasteiger partial charge is 0.462 e. The average molecular weight is 905 g/mol. The van der Waals surface area contributed by atoms with Crippen LogP contribution in [0.3, 0.4) is 0 Å². The molecule has 0 aromatic heterocycles. The van der Waals surface area contributed by atoms with E-state index in [1.807, 2.05) is 24.3 Å². The first-order chi connectivity index (χ1) is 32.0. The summed E-state index contributed by atoms with van der Waals surface area (Å²) in [5.74, 6) is -0.916.